The maximum atomic E-state index is 12.1. The predicted octanol–water partition coefficient (Wildman–Crippen LogP) is 1.49. The third-order valence-corrected chi connectivity index (χ3v) is 4.01. The summed E-state index contributed by atoms with van der Waals surface area (Å²) in [6.45, 7) is 0. The highest BCUT2D eigenvalue weighted by molar-refractivity contribution is 5.87. The molecule has 1 saturated carbocycles. The van der Waals surface area contributed by atoms with Crippen molar-refractivity contribution in [1.29, 1.82) is 0 Å². The van der Waals surface area contributed by atoms with Crippen LogP contribution in [-0.4, -0.2) is 28.2 Å². The van der Waals surface area contributed by atoms with E-state index < -0.39 is 0 Å². The molecular weight excluding hydrogens is 252 g/mol. The summed E-state index contributed by atoms with van der Waals surface area (Å²) in [6, 6.07) is 8.41. The van der Waals surface area contributed by atoms with Crippen molar-refractivity contribution in [3.05, 3.63) is 30.0 Å². The quantitative estimate of drug-likeness (QED) is 0.791. The normalized spacial score (nSPS) is 22.9. The van der Waals surface area contributed by atoms with Gasteiger partial charge in [-0.25, -0.2) is 0 Å². The Balaban J connectivity index is 1.61. The minimum Gasteiger partial charge on any atom is -0.353 e. The molecule has 0 radical (unpaired) electrons. The summed E-state index contributed by atoms with van der Waals surface area (Å²) >= 11 is 0. The van der Waals surface area contributed by atoms with Gasteiger partial charge in [-0.1, -0.05) is 18.2 Å². The number of nitrogens with two attached hydrogens (primary N) is 1. The van der Waals surface area contributed by atoms with Gasteiger partial charge in [-0.15, -0.1) is 0 Å². The van der Waals surface area contributed by atoms with E-state index >= 15 is 0 Å². The number of fused-ring (bicyclic) bond motifs is 1. The fraction of sp³-hybridized carbons (Fsp3) is 0.467. The molecule has 1 heterocycles. The second kappa shape index (κ2) is 5.63. The molecule has 1 aromatic carbocycles. The van der Waals surface area contributed by atoms with E-state index in [1.807, 2.05) is 24.3 Å². The molecule has 1 amide bonds. The molecule has 0 bridgehead atoms. The fourth-order valence-corrected chi connectivity index (χ4v) is 2.85. The van der Waals surface area contributed by atoms with Crippen LogP contribution >= 0.6 is 0 Å². The molecule has 0 spiro atoms. The SMILES string of the molecule is NC1CCC(NC(=O)Cc2[nH]nc3ccccc23)CC1. The largest absolute Gasteiger partial charge is 0.353 e. The molecular formula is C15H20N4O. The third-order valence-electron chi connectivity index (χ3n) is 4.01. The number of rotatable bonds is 3. The van der Waals surface area contributed by atoms with E-state index in [1.165, 1.54) is 0 Å². The van der Waals surface area contributed by atoms with Crippen LogP contribution in [0.15, 0.2) is 24.3 Å². The van der Waals surface area contributed by atoms with Crippen LogP contribution in [0.25, 0.3) is 10.9 Å². The Morgan fingerprint density at radius 2 is 2.05 bits per heavy atom. The molecule has 3 rings (SSSR count). The monoisotopic (exact) mass is 272 g/mol. The zero-order chi connectivity index (χ0) is 13.9. The molecule has 5 nitrogen and oxygen atoms in total. The number of carbonyl (C=O) groups is 1. The summed E-state index contributed by atoms with van der Waals surface area (Å²) < 4.78 is 0. The summed E-state index contributed by atoms with van der Waals surface area (Å²) in [5.74, 6) is 0.0554. The molecule has 106 valence electrons. The first-order valence-corrected chi connectivity index (χ1v) is 7.19. The van der Waals surface area contributed by atoms with Gasteiger partial charge in [-0.2, -0.15) is 5.10 Å². The summed E-state index contributed by atoms with van der Waals surface area (Å²) in [5, 5.41) is 11.3. The van der Waals surface area contributed by atoms with Gasteiger partial charge in [0.1, 0.15) is 0 Å². The van der Waals surface area contributed by atoms with Crippen molar-refractivity contribution in [2.24, 2.45) is 5.73 Å². The van der Waals surface area contributed by atoms with Gasteiger partial charge in [-0.3, -0.25) is 9.89 Å². The van der Waals surface area contributed by atoms with Crippen molar-refractivity contribution >= 4 is 16.8 Å². The number of para-hydroxylation sites is 1. The predicted molar refractivity (Wildman–Crippen MR) is 78.2 cm³/mol. The molecule has 5 heteroatoms. The highest BCUT2D eigenvalue weighted by atomic mass is 16.1. The highest BCUT2D eigenvalue weighted by Gasteiger charge is 2.20. The number of benzene rings is 1. The average molecular weight is 272 g/mol. The number of nitrogens with one attached hydrogen (secondary N) is 2. The molecule has 0 unspecified atom stereocenters. The van der Waals surface area contributed by atoms with Gasteiger partial charge < -0.3 is 11.1 Å². The molecule has 1 aliphatic carbocycles. The first-order valence-electron chi connectivity index (χ1n) is 7.19. The Kier molecular flexibility index (Phi) is 3.69. The Labute approximate surface area is 117 Å². The van der Waals surface area contributed by atoms with Crippen LogP contribution in [0.2, 0.25) is 0 Å². The highest BCUT2D eigenvalue weighted by Crippen LogP contribution is 2.18. The molecule has 1 aliphatic rings. The fourth-order valence-electron chi connectivity index (χ4n) is 2.85. The summed E-state index contributed by atoms with van der Waals surface area (Å²) in [5.41, 5.74) is 7.66. The Morgan fingerprint density at radius 3 is 2.85 bits per heavy atom. The Morgan fingerprint density at radius 1 is 1.30 bits per heavy atom. The van der Waals surface area contributed by atoms with Gasteiger partial charge in [0.2, 0.25) is 5.91 Å². The van der Waals surface area contributed by atoms with Gasteiger partial charge in [0.15, 0.2) is 0 Å². The number of aromatic nitrogens is 2. The van der Waals surface area contributed by atoms with Crippen molar-refractivity contribution in [1.82, 2.24) is 15.5 Å². The molecule has 0 aliphatic heterocycles. The molecule has 0 saturated heterocycles. The first kappa shape index (κ1) is 13.1. The summed E-state index contributed by atoms with van der Waals surface area (Å²) in [4.78, 5) is 12.1. The van der Waals surface area contributed by atoms with Crippen LogP contribution in [0.3, 0.4) is 0 Å². The minimum atomic E-state index is 0.0554. The molecule has 1 aromatic heterocycles. The first-order chi connectivity index (χ1) is 9.72. The van der Waals surface area contributed by atoms with E-state index in [0.717, 1.165) is 42.3 Å². The lowest BCUT2D eigenvalue weighted by molar-refractivity contribution is -0.121. The second-order valence-electron chi connectivity index (χ2n) is 5.58. The van der Waals surface area contributed by atoms with E-state index in [9.17, 15) is 4.79 Å². The number of aromatic amines is 1. The van der Waals surface area contributed by atoms with Gasteiger partial charge in [-0.05, 0) is 31.7 Å². The third kappa shape index (κ3) is 2.82. The number of amides is 1. The van der Waals surface area contributed by atoms with Crippen LogP contribution in [0, 0.1) is 0 Å². The lowest BCUT2D eigenvalue weighted by Crippen LogP contribution is -2.41. The number of carbonyl (C=O) groups excluding carboxylic acids is 1. The maximum Gasteiger partial charge on any atom is 0.226 e. The zero-order valence-corrected chi connectivity index (χ0v) is 11.4. The Hall–Kier alpha value is -1.88. The minimum absolute atomic E-state index is 0.0554. The standard InChI is InChI=1S/C15H20N4O/c16-10-5-7-11(8-6-10)17-15(20)9-14-12-3-1-2-4-13(12)18-19-14/h1-4,10-11H,5-9,16H2,(H,17,20)(H,18,19). The Bertz CT molecular complexity index is 599. The van der Waals surface area contributed by atoms with Crippen molar-refractivity contribution in [2.45, 2.75) is 44.2 Å². The van der Waals surface area contributed by atoms with Crippen LogP contribution in [0.1, 0.15) is 31.4 Å². The van der Waals surface area contributed by atoms with Gasteiger partial charge in [0, 0.05) is 17.5 Å². The van der Waals surface area contributed by atoms with Crippen LogP contribution in [0.5, 0.6) is 0 Å². The van der Waals surface area contributed by atoms with Crippen molar-refractivity contribution in [2.75, 3.05) is 0 Å². The van der Waals surface area contributed by atoms with E-state index in [4.69, 9.17) is 5.73 Å². The van der Waals surface area contributed by atoms with Crippen LogP contribution < -0.4 is 11.1 Å². The van der Waals surface area contributed by atoms with Gasteiger partial charge in [0.05, 0.1) is 17.6 Å². The smallest absolute Gasteiger partial charge is 0.226 e. The van der Waals surface area contributed by atoms with Gasteiger partial charge >= 0.3 is 0 Å². The molecule has 20 heavy (non-hydrogen) atoms. The molecule has 0 atom stereocenters. The summed E-state index contributed by atoms with van der Waals surface area (Å²) in [7, 11) is 0. The zero-order valence-electron chi connectivity index (χ0n) is 11.4. The lowest BCUT2D eigenvalue weighted by Gasteiger charge is -2.26. The summed E-state index contributed by atoms with van der Waals surface area (Å²) in [6.07, 6.45) is 4.31. The number of hydrogen-bond donors (Lipinski definition) is 3. The van der Waals surface area contributed by atoms with E-state index in [-0.39, 0.29) is 11.9 Å². The van der Waals surface area contributed by atoms with Crippen LogP contribution in [0.4, 0.5) is 0 Å². The van der Waals surface area contributed by atoms with Gasteiger partial charge in [0.25, 0.3) is 0 Å². The van der Waals surface area contributed by atoms with Crippen molar-refractivity contribution < 1.29 is 4.79 Å². The second-order valence-corrected chi connectivity index (χ2v) is 5.58. The molecule has 4 N–H and O–H groups in total. The topological polar surface area (TPSA) is 83.8 Å². The van der Waals surface area contributed by atoms with E-state index in [2.05, 4.69) is 15.5 Å². The maximum absolute atomic E-state index is 12.1. The molecule has 1 fully saturated rings. The van der Waals surface area contributed by atoms with Crippen molar-refractivity contribution in [3.8, 4) is 0 Å². The number of H-pyrrole nitrogens is 1. The number of nitrogens with zero attached hydrogens (tertiary/aromatic N) is 1. The van der Waals surface area contributed by atoms with E-state index in [1.54, 1.807) is 0 Å². The number of hydrogen-bond acceptors (Lipinski definition) is 3. The van der Waals surface area contributed by atoms with Crippen LogP contribution in [-0.2, 0) is 11.2 Å². The lowest BCUT2D eigenvalue weighted by atomic mass is 9.92. The van der Waals surface area contributed by atoms with E-state index in [0.29, 0.717) is 12.5 Å². The average Bonchev–Trinajstić information content (AvgIpc) is 2.85. The van der Waals surface area contributed by atoms with Crippen molar-refractivity contribution in [3.63, 3.8) is 0 Å². The molecule has 2 aromatic rings.